The van der Waals surface area contributed by atoms with Gasteiger partial charge in [-0.1, -0.05) is 42.5 Å². The number of benzene rings is 3. The molecule has 1 fully saturated rings. The first-order valence-corrected chi connectivity index (χ1v) is 14.4. The van der Waals surface area contributed by atoms with Crippen molar-refractivity contribution in [2.24, 2.45) is 10.7 Å². The van der Waals surface area contributed by atoms with E-state index < -0.39 is 0 Å². The lowest BCUT2D eigenvalue weighted by Crippen LogP contribution is -2.41. The van der Waals surface area contributed by atoms with Crippen LogP contribution in [0.4, 0.5) is 0 Å². The van der Waals surface area contributed by atoms with Gasteiger partial charge in [0.1, 0.15) is 6.33 Å². The van der Waals surface area contributed by atoms with Crippen LogP contribution in [-0.2, 0) is 22.5 Å². The standard InChI is InChI=1S/C33H37N7O3/c1-35-29(19-24-5-3-2-4-6-24)28(21-34)33(42)37-22-25-7-10-27(11-8-25)40-23-38-30-20-26(9-12-31(30)40)32(41)36-13-14-39-15-17-43-18-16-39/h2-12,20-21,23H,13-19,22,34H2,1H3,(H,36,41)(H,37,42). The molecule has 43 heavy (non-hydrogen) atoms. The van der Waals surface area contributed by atoms with Gasteiger partial charge in [0.25, 0.3) is 11.8 Å². The van der Waals surface area contributed by atoms with Crippen molar-refractivity contribution in [2.75, 3.05) is 46.4 Å². The van der Waals surface area contributed by atoms with Crippen molar-refractivity contribution >= 4 is 28.6 Å². The maximum atomic E-state index is 13.0. The van der Waals surface area contributed by atoms with Crippen LogP contribution in [0.3, 0.4) is 0 Å². The number of aliphatic imine (C=N–C) groups is 1. The van der Waals surface area contributed by atoms with Gasteiger partial charge in [-0.15, -0.1) is 0 Å². The third-order valence-corrected chi connectivity index (χ3v) is 7.50. The monoisotopic (exact) mass is 579 g/mol. The second kappa shape index (κ2) is 14.4. The highest BCUT2D eigenvalue weighted by molar-refractivity contribution is 6.22. The Hall–Kier alpha value is -4.80. The molecule has 222 valence electrons. The Bertz CT molecular complexity index is 1600. The van der Waals surface area contributed by atoms with E-state index in [1.165, 1.54) is 6.20 Å². The molecule has 2 amide bonds. The first-order valence-electron chi connectivity index (χ1n) is 14.4. The number of morpholine rings is 1. The molecule has 0 bridgehead atoms. The summed E-state index contributed by atoms with van der Waals surface area (Å²) in [6.07, 6.45) is 3.58. The van der Waals surface area contributed by atoms with Crippen molar-refractivity contribution < 1.29 is 14.3 Å². The SMILES string of the molecule is CN=C(Cc1ccccc1)C(=CN)C(=O)NCc1ccc(-n2cnc3cc(C(=O)NCCN4CCOCC4)ccc32)cc1. The van der Waals surface area contributed by atoms with Crippen LogP contribution in [0, 0.1) is 0 Å². The van der Waals surface area contributed by atoms with E-state index in [0.29, 0.717) is 36.4 Å². The summed E-state index contributed by atoms with van der Waals surface area (Å²) in [5.41, 5.74) is 11.9. The summed E-state index contributed by atoms with van der Waals surface area (Å²) >= 11 is 0. The molecule has 2 heterocycles. The quantitative estimate of drug-likeness (QED) is 0.185. The molecule has 0 aliphatic carbocycles. The number of aromatic nitrogens is 2. The third kappa shape index (κ3) is 7.54. The lowest BCUT2D eigenvalue weighted by Gasteiger charge is -2.26. The Morgan fingerprint density at radius 1 is 1.00 bits per heavy atom. The molecule has 0 radical (unpaired) electrons. The van der Waals surface area contributed by atoms with Gasteiger partial charge in [-0.25, -0.2) is 4.98 Å². The van der Waals surface area contributed by atoms with Gasteiger partial charge >= 0.3 is 0 Å². The zero-order valence-corrected chi connectivity index (χ0v) is 24.3. The van der Waals surface area contributed by atoms with Crippen molar-refractivity contribution in [3.63, 3.8) is 0 Å². The zero-order valence-electron chi connectivity index (χ0n) is 24.3. The molecule has 5 rings (SSSR count). The molecule has 10 heteroatoms. The fourth-order valence-electron chi connectivity index (χ4n) is 5.05. The first-order chi connectivity index (χ1) is 21.1. The van der Waals surface area contributed by atoms with Crippen molar-refractivity contribution in [3.8, 4) is 5.69 Å². The molecule has 0 saturated carbocycles. The van der Waals surface area contributed by atoms with Crippen LogP contribution >= 0.6 is 0 Å². The molecular formula is C33H37N7O3. The topological polar surface area (TPSA) is 127 Å². The highest BCUT2D eigenvalue weighted by Gasteiger charge is 2.16. The van der Waals surface area contributed by atoms with Gasteiger partial charge in [0, 0.05) is 63.6 Å². The minimum absolute atomic E-state index is 0.110. The molecule has 3 aromatic carbocycles. The highest BCUT2D eigenvalue weighted by atomic mass is 16.5. The molecule has 0 unspecified atom stereocenters. The molecule has 10 nitrogen and oxygen atoms in total. The average Bonchev–Trinajstić information content (AvgIpc) is 3.48. The number of hydrogen-bond acceptors (Lipinski definition) is 7. The van der Waals surface area contributed by atoms with Crippen molar-refractivity contribution in [2.45, 2.75) is 13.0 Å². The Morgan fingerprint density at radius 2 is 1.77 bits per heavy atom. The van der Waals surface area contributed by atoms with Crippen LogP contribution in [0.1, 0.15) is 21.5 Å². The van der Waals surface area contributed by atoms with Gasteiger partial charge in [-0.2, -0.15) is 0 Å². The normalized spacial score (nSPS) is 14.5. The molecule has 1 aromatic heterocycles. The van der Waals surface area contributed by atoms with Crippen LogP contribution in [0.5, 0.6) is 0 Å². The number of ether oxygens (including phenoxy) is 1. The van der Waals surface area contributed by atoms with Gasteiger partial charge in [-0.05, 0) is 41.5 Å². The minimum Gasteiger partial charge on any atom is -0.404 e. The Labute approximate surface area is 251 Å². The fourth-order valence-corrected chi connectivity index (χ4v) is 5.05. The van der Waals surface area contributed by atoms with Crippen molar-refractivity contribution in [3.05, 3.63) is 108 Å². The van der Waals surface area contributed by atoms with E-state index in [-0.39, 0.29) is 11.8 Å². The molecule has 0 spiro atoms. The summed E-state index contributed by atoms with van der Waals surface area (Å²) in [5, 5.41) is 5.95. The number of nitrogens with one attached hydrogen (secondary N) is 2. The van der Waals surface area contributed by atoms with E-state index in [2.05, 4.69) is 25.5 Å². The van der Waals surface area contributed by atoms with E-state index in [1.807, 2.05) is 77.4 Å². The van der Waals surface area contributed by atoms with E-state index in [1.54, 1.807) is 13.4 Å². The number of carbonyl (C=O) groups is 2. The Morgan fingerprint density at radius 3 is 2.49 bits per heavy atom. The van der Waals surface area contributed by atoms with Crippen LogP contribution in [-0.4, -0.2) is 78.4 Å². The predicted molar refractivity (Wildman–Crippen MR) is 168 cm³/mol. The number of nitrogens with zero attached hydrogens (tertiary/aromatic N) is 4. The van der Waals surface area contributed by atoms with E-state index in [4.69, 9.17) is 10.5 Å². The fraction of sp³-hybridized carbons (Fsp3) is 0.273. The molecule has 1 saturated heterocycles. The predicted octanol–water partition coefficient (Wildman–Crippen LogP) is 2.86. The van der Waals surface area contributed by atoms with Gasteiger partial charge in [0.2, 0.25) is 0 Å². The third-order valence-electron chi connectivity index (χ3n) is 7.50. The maximum absolute atomic E-state index is 13.0. The number of hydrogen-bond donors (Lipinski definition) is 3. The Kier molecular flexibility index (Phi) is 9.94. The second-order valence-electron chi connectivity index (χ2n) is 10.3. The van der Waals surface area contributed by atoms with Crippen molar-refractivity contribution in [1.29, 1.82) is 0 Å². The van der Waals surface area contributed by atoms with Gasteiger partial charge < -0.3 is 21.1 Å². The zero-order chi connectivity index (χ0) is 30.0. The number of carbonyl (C=O) groups excluding carboxylic acids is 2. The number of rotatable bonds is 11. The number of imidazole rings is 1. The van der Waals surface area contributed by atoms with Crippen molar-refractivity contribution in [1.82, 2.24) is 25.1 Å². The van der Waals surface area contributed by atoms with Crippen LogP contribution in [0.25, 0.3) is 16.7 Å². The minimum atomic E-state index is -0.273. The smallest absolute Gasteiger partial charge is 0.254 e. The summed E-state index contributed by atoms with van der Waals surface area (Å²) in [6, 6.07) is 23.3. The van der Waals surface area contributed by atoms with Crippen LogP contribution in [0.2, 0.25) is 0 Å². The number of nitrogens with two attached hydrogens (primary N) is 1. The lowest BCUT2D eigenvalue weighted by molar-refractivity contribution is -0.117. The Balaban J connectivity index is 1.17. The largest absolute Gasteiger partial charge is 0.404 e. The summed E-state index contributed by atoms with van der Waals surface area (Å²) < 4.78 is 7.34. The van der Waals surface area contributed by atoms with Gasteiger partial charge in [0.05, 0.1) is 35.5 Å². The average molecular weight is 580 g/mol. The summed E-state index contributed by atoms with van der Waals surface area (Å²) in [6.45, 7) is 5.00. The number of amides is 2. The first kappa shape index (κ1) is 29.7. The lowest BCUT2D eigenvalue weighted by atomic mass is 10.0. The van der Waals surface area contributed by atoms with Crippen LogP contribution in [0.15, 0.2) is 95.9 Å². The molecule has 1 aliphatic rings. The second-order valence-corrected chi connectivity index (χ2v) is 10.3. The van der Waals surface area contributed by atoms with Crippen LogP contribution < -0.4 is 16.4 Å². The highest BCUT2D eigenvalue weighted by Crippen LogP contribution is 2.20. The summed E-state index contributed by atoms with van der Waals surface area (Å²) in [4.78, 5) is 36.8. The summed E-state index contributed by atoms with van der Waals surface area (Å²) in [7, 11) is 1.66. The molecule has 4 aromatic rings. The molecule has 0 atom stereocenters. The molecule has 4 N–H and O–H groups in total. The molecule has 1 aliphatic heterocycles. The van der Waals surface area contributed by atoms with Gasteiger partial charge in [-0.3, -0.25) is 24.0 Å². The molecular weight excluding hydrogens is 542 g/mol. The van der Waals surface area contributed by atoms with E-state index in [9.17, 15) is 9.59 Å². The van der Waals surface area contributed by atoms with Gasteiger partial charge in [0.15, 0.2) is 0 Å². The summed E-state index contributed by atoms with van der Waals surface area (Å²) in [5.74, 6) is -0.384. The number of fused-ring (bicyclic) bond motifs is 1. The van der Waals surface area contributed by atoms with E-state index in [0.717, 1.165) is 60.7 Å². The van der Waals surface area contributed by atoms with E-state index >= 15 is 0 Å². The maximum Gasteiger partial charge on any atom is 0.254 e.